The van der Waals surface area contributed by atoms with Crippen molar-refractivity contribution < 1.29 is 9.53 Å². The van der Waals surface area contributed by atoms with Gasteiger partial charge in [-0.25, -0.2) is 0 Å². The molecule has 0 saturated carbocycles. The number of amides is 1. The quantitative estimate of drug-likeness (QED) is 0.762. The van der Waals surface area contributed by atoms with Crippen molar-refractivity contribution in [2.75, 3.05) is 66.6 Å². The van der Waals surface area contributed by atoms with Crippen LogP contribution >= 0.6 is 0 Å². The Hall–Kier alpha value is -0.650. The van der Waals surface area contributed by atoms with Gasteiger partial charge in [-0.1, -0.05) is 0 Å². The van der Waals surface area contributed by atoms with Gasteiger partial charge in [-0.3, -0.25) is 4.79 Å². The van der Waals surface area contributed by atoms with Gasteiger partial charge in [-0.05, 0) is 70.6 Å². The van der Waals surface area contributed by atoms with Crippen LogP contribution in [-0.2, 0) is 9.53 Å². The van der Waals surface area contributed by atoms with E-state index in [1.54, 1.807) is 7.11 Å². The monoisotopic (exact) mass is 337 g/mol. The average Bonchev–Trinajstić information content (AvgIpc) is 3.09. The van der Waals surface area contributed by atoms with Crippen LogP contribution in [0.25, 0.3) is 0 Å². The molecule has 0 N–H and O–H groups in total. The Labute approximate surface area is 147 Å². The highest BCUT2D eigenvalue weighted by Crippen LogP contribution is 2.32. The summed E-state index contributed by atoms with van der Waals surface area (Å²) in [6.45, 7) is 8.50. The zero-order valence-electron chi connectivity index (χ0n) is 15.6. The predicted octanol–water partition coefficient (Wildman–Crippen LogP) is 1.54. The summed E-state index contributed by atoms with van der Waals surface area (Å²) in [5, 5.41) is 0. The summed E-state index contributed by atoms with van der Waals surface area (Å²) >= 11 is 0. The molecule has 24 heavy (non-hydrogen) atoms. The lowest BCUT2D eigenvalue weighted by atomic mass is 9.83. The van der Waals surface area contributed by atoms with Gasteiger partial charge in [0.05, 0.1) is 6.61 Å². The Morgan fingerprint density at radius 1 is 0.958 bits per heavy atom. The highest BCUT2D eigenvalue weighted by Gasteiger charge is 2.34. The van der Waals surface area contributed by atoms with Crippen LogP contribution in [0.1, 0.15) is 32.1 Å². The van der Waals surface area contributed by atoms with E-state index in [0.717, 1.165) is 64.0 Å². The number of nitrogens with zero attached hydrogens (tertiary/aromatic N) is 3. The third-order valence-electron chi connectivity index (χ3n) is 6.51. The second-order valence-electron chi connectivity index (χ2n) is 8.08. The zero-order valence-corrected chi connectivity index (χ0v) is 15.6. The smallest absolute Gasteiger partial charge is 0.225 e. The lowest BCUT2D eigenvalue weighted by Crippen LogP contribution is -2.45. The molecule has 3 fully saturated rings. The first-order chi connectivity index (χ1) is 11.7. The van der Waals surface area contributed by atoms with Gasteiger partial charge in [0.15, 0.2) is 0 Å². The first-order valence-electron chi connectivity index (χ1n) is 9.86. The molecule has 3 saturated heterocycles. The van der Waals surface area contributed by atoms with Crippen molar-refractivity contribution in [3.63, 3.8) is 0 Å². The van der Waals surface area contributed by atoms with Crippen LogP contribution in [-0.4, -0.2) is 87.2 Å². The number of hydrogen-bond acceptors (Lipinski definition) is 4. The first-order valence-corrected chi connectivity index (χ1v) is 9.86. The third-order valence-corrected chi connectivity index (χ3v) is 6.51. The standard InChI is InChI=1S/C19H35N3O2/c1-20-8-3-17(4-9-20)19(23)22-11-6-16(7-12-22)18-5-10-21(15-18)13-14-24-2/h16-18H,3-15H2,1-2H3. The molecule has 3 heterocycles. The normalized spacial score (nSPS) is 28.6. The number of hydrogen-bond donors (Lipinski definition) is 0. The summed E-state index contributed by atoms with van der Waals surface area (Å²) in [5.74, 6) is 2.38. The van der Waals surface area contributed by atoms with Gasteiger partial charge >= 0.3 is 0 Å². The molecule has 0 radical (unpaired) electrons. The summed E-state index contributed by atoms with van der Waals surface area (Å²) in [4.78, 5) is 19.8. The Bertz CT molecular complexity index is 401. The summed E-state index contributed by atoms with van der Waals surface area (Å²) in [7, 11) is 3.94. The fourth-order valence-electron chi connectivity index (χ4n) is 4.78. The van der Waals surface area contributed by atoms with Crippen LogP contribution in [0, 0.1) is 17.8 Å². The number of likely N-dealkylation sites (tertiary alicyclic amines) is 3. The molecule has 1 atom stereocenters. The summed E-state index contributed by atoms with van der Waals surface area (Å²) in [6, 6.07) is 0. The highest BCUT2D eigenvalue weighted by molar-refractivity contribution is 5.79. The largest absolute Gasteiger partial charge is 0.383 e. The fourth-order valence-corrected chi connectivity index (χ4v) is 4.78. The van der Waals surface area contributed by atoms with E-state index in [0.29, 0.717) is 5.91 Å². The van der Waals surface area contributed by atoms with Gasteiger partial charge in [-0.15, -0.1) is 0 Å². The van der Waals surface area contributed by atoms with Gasteiger partial charge in [0, 0.05) is 39.2 Å². The SMILES string of the molecule is COCCN1CCC(C2CCN(C(=O)C3CCN(C)CC3)CC2)C1. The van der Waals surface area contributed by atoms with E-state index in [4.69, 9.17) is 4.74 Å². The number of piperidine rings is 2. The molecule has 1 amide bonds. The van der Waals surface area contributed by atoms with Crippen molar-refractivity contribution in [2.24, 2.45) is 17.8 Å². The molecular formula is C19H35N3O2. The molecule has 3 aliphatic rings. The van der Waals surface area contributed by atoms with E-state index in [2.05, 4.69) is 21.7 Å². The highest BCUT2D eigenvalue weighted by atomic mass is 16.5. The molecular weight excluding hydrogens is 302 g/mol. The van der Waals surface area contributed by atoms with E-state index in [9.17, 15) is 4.79 Å². The first kappa shape index (κ1) is 18.2. The summed E-state index contributed by atoms with van der Waals surface area (Å²) in [5.41, 5.74) is 0. The lowest BCUT2D eigenvalue weighted by Gasteiger charge is -2.38. The number of methoxy groups -OCH3 is 1. The van der Waals surface area contributed by atoms with Crippen LogP contribution in [0.3, 0.4) is 0 Å². The summed E-state index contributed by atoms with van der Waals surface area (Å²) < 4.78 is 5.20. The van der Waals surface area contributed by atoms with E-state index in [1.807, 2.05) is 0 Å². The topological polar surface area (TPSA) is 36.0 Å². The fraction of sp³-hybridized carbons (Fsp3) is 0.947. The second-order valence-corrected chi connectivity index (χ2v) is 8.08. The van der Waals surface area contributed by atoms with Crippen LogP contribution < -0.4 is 0 Å². The molecule has 0 aromatic heterocycles. The Morgan fingerprint density at radius 3 is 2.29 bits per heavy atom. The maximum atomic E-state index is 12.7. The number of rotatable bonds is 5. The van der Waals surface area contributed by atoms with E-state index >= 15 is 0 Å². The summed E-state index contributed by atoms with van der Waals surface area (Å²) in [6.07, 6.45) is 5.85. The molecule has 1 unspecified atom stereocenters. The van der Waals surface area contributed by atoms with Crippen molar-refractivity contribution in [1.82, 2.24) is 14.7 Å². The van der Waals surface area contributed by atoms with Gasteiger partial charge in [-0.2, -0.15) is 0 Å². The molecule has 0 spiro atoms. The van der Waals surface area contributed by atoms with Crippen LogP contribution in [0.5, 0.6) is 0 Å². The van der Waals surface area contributed by atoms with Crippen LogP contribution in [0.15, 0.2) is 0 Å². The number of carbonyl (C=O) groups excluding carboxylic acids is 1. The molecule has 138 valence electrons. The molecule has 3 aliphatic heterocycles. The third kappa shape index (κ3) is 4.50. The predicted molar refractivity (Wildman–Crippen MR) is 95.9 cm³/mol. The average molecular weight is 338 g/mol. The van der Waals surface area contributed by atoms with Crippen molar-refractivity contribution in [2.45, 2.75) is 32.1 Å². The van der Waals surface area contributed by atoms with E-state index in [-0.39, 0.29) is 5.92 Å². The maximum absolute atomic E-state index is 12.7. The molecule has 0 bridgehead atoms. The van der Waals surface area contributed by atoms with Crippen LogP contribution in [0.2, 0.25) is 0 Å². The van der Waals surface area contributed by atoms with E-state index in [1.165, 1.54) is 32.4 Å². The molecule has 0 aliphatic carbocycles. The molecule has 3 rings (SSSR count). The zero-order chi connectivity index (χ0) is 16.9. The van der Waals surface area contributed by atoms with Crippen LogP contribution in [0.4, 0.5) is 0 Å². The minimum Gasteiger partial charge on any atom is -0.383 e. The second kappa shape index (κ2) is 8.63. The maximum Gasteiger partial charge on any atom is 0.225 e. The number of carbonyl (C=O) groups is 1. The van der Waals surface area contributed by atoms with Crippen molar-refractivity contribution in [3.8, 4) is 0 Å². The van der Waals surface area contributed by atoms with Crippen molar-refractivity contribution >= 4 is 5.91 Å². The van der Waals surface area contributed by atoms with E-state index < -0.39 is 0 Å². The van der Waals surface area contributed by atoms with Crippen molar-refractivity contribution in [1.29, 1.82) is 0 Å². The van der Waals surface area contributed by atoms with Gasteiger partial charge in [0.25, 0.3) is 0 Å². The Balaban J connectivity index is 1.40. The Morgan fingerprint density at radius 2 is 1.62 bits per heavy atom. The van der Waals surface area contributed by atoms with Gasteiger partial charge in [0.2, 0.25) is 5.91 Å². The van der Waals surface area contributed by atoms with Gasteiger partial charge in [0.1, 0.15) is 0 Å². The molecule has 0 aromatic carbocycles. The molecule has 5 heteroatoms. The minimum atomic E-state index is 0.286. The van der Waals surface area contributed by atoms with Gasteiger partial charge < -0.3 is 19.4 Å². The lowest BCUT2D eigenvalue weighted by molar-refractivity contribution is -0.138. The minimum absolute atomic E-state index is 0.286. The molecule has 0 aromatic rings. The molecule has 5 nitrogen and oxygen atoms in total. The Kier molecular flexibility index (Phi) is 6.53. The van der Waals surface area contributed by atoms with Crippen molar-refractivity contribution in [3.05, 3.63) is 0 Å². The number of ether oxygens (including phenoxy) is 1.